The highest BCUT2D eigenvalue weighted by Gasteiger charge is 2.95. The Bertz CT molecular complexity index is 390. The number of hydrogen-bond donors (Lipinski definition) is 0. The van der Waals surface area contributed by atoms with Crippen molar-refractivity contribution in [2.45, 2.75) is 29.7 Å². The van der Waals surface area contributed by atoms with Crippen LogP contribution in [0.1, 0.15) is 0 Å². The molecule has 0 saturated carbocycles. The lowest BCUT2D eigenvalue weighted by Crippen LogP contribution is -2.78. The van der Waals surface area contributed by atoms with Gasteiger partial charge in [-0.25, -0.2) is 9.13 Å². The first-order valence-electron chi connectivity index (χ1n) is 3.75. The average Bonchev–Trinajstić information content (AvgIpc) is 2.11. The minimum absolute atomic E-state index is 1.86. The second-order valence-corrected chi connectivity index (χ2v) is 3.22. The monoisotopic (exact) mass is 294 g/mol. The second kappa shape index (κ2) is 3.27. The van der Waals surface area contributed by atoms with Crippen molar-refractivity contribution in [3.05, 3.63) is 0 Å². The molecule has 0 aromatic rings. The largest absolute Gasteiger partial charge is 0.430 e. The summed E-state index contributed by atoms with van der Waals surface area (Å²) < 4.78 is 126. The van der Waals surface area contributed by atoms with Crippen LogP contribution in [0.5, 0.6) is 0 Å². The summed E-state index contributed by atoms with van der Waals surface area (Å²) in [4.78, 5) is 9.79. The highest BCUT2D eigenvalue weighted by atomic mass is 19.4. The van der Waals surface area contributed by atoms with E-state index in [1.54, 1.807) is 0 Å². The topological polar surface area (TPSA) is 26.3 Å². The van der Waals surface area contributed by atoms with Crippen LogP contribution in [0.2, 0.25) is 0 Å². The van der Waals surface area contributed by atoms with Crippen LogP contribution in [0.4, 0.5) is 43.9 Å². The lowest BCUT2D eigenvalue weighted by atomic mass is 9.88. The molecule has 1 atom stereocenters. The summed E-state index contributed by atoms with van der Waals surface area (Å²) in [6, 6.07) is -4.27. The fraction of sp³-hybridized carbons (Fsp3) is 0.833. The predicted octanol–water partition coefficient (Wildman–Crippen LogP) is 2.68. The minimum atomic E-state index is -7.03. The maximum atomic E-state index is 12.9. The van der Waals surface area contributed by atoms with Gasteiger partial charge in [0.1, 0.15) is 0 Å². The molecule has 0 spiro atoms. The lowest BCUT2D eigenvalue weighted by molar-refractivity contribution is -0.532. The average molecular weight is 294 g/mol. The zero-order chi connectivity index (χ0) is 14.8. The van der Waals surface area contributed by atoms with Crippen LogP contribution >= 0.6 is 0 Å². The third-order valence-corrected chi connectivity index (χ3v) is 2.12. The van der Waals surface area contributed by atoms with E-state index >= 15 is 0 Å². The molecule has 0 aliphatic carbocycles. The molecule has 1 unspecified atom stereocenters. The number of ether oxygens (including phenoxy) is 1. The van der Waals surface area contributed by atoms with E-state index in [4.69, 9.17) is 0 Å². The summed E-state index contributed by atoms with van der Waals surface area (Å²) in [5.41, 5.74) is -6.56. The van der Waals surface area contributed by atoms with Gasteiger partial charge in [-0.1, -0.05) is 0 Å². The first kappa shape index (κ1) is 15.0. The van der Waals surface area contributed by atoms with Gasteiger partial charge in [0.2, 0.25) is 0 Å². The summed E-state index contributed by atoms with van der Waals surface area (Å²) in [6.07, 6.45) is -13.0. The van der Waals surface area contributed by atoms with Crippen molar-refractivity contribution in [2.24, 2.45) is 0 Å². The standard InChI is InChI=1S/C6F10O2/c7-1(17)2(8)3(9,10)4(11,12)6(15,16)18-5(2,13)14. The molecule has 1 fully saturated rings. The van der Waals surface area contributed by atoms with Crippen molar-refractivity contribution in [1.82, 2.24) is 0 Å². The van der Waals surface area contributed by atoms with Gasteiger partial charge in [0.15, 0.2) is 0 Å². The molecule has 0 amide bonds. The van der Waals surface area contributed by atoms with Gasteiger partial charge in [-0.2, -0.15) is 39.5 Å². The van der Waals surface area contributed by atoms with E-state index < -0.39 is 35.8 Å². The molecule has 2 nitrogen and oxygen atoms in total. The Kier molecular flexibility index (Phi) is 2.73. The van der Waals surface area contributed by atoms with Crippen LogP contribution in [0, 0.1) is 0 Å². The molecule has 18 heavy (non-hydrogen) atoms. The van der Waals surface area contributed by atoms with Crippen LogP contribution in [-0.4, -0.2) is 35.8 Å². The Morgan fingerprint density at radius 3 is 1.44 bits per heavy atom. The zero-order valence-corrected chi connectivity index (χ0v) is 7.60. The molecule has 1 aliphatic heterocycles. The number of halogens is 10. The van der Waals surface area contributed by atoms with Crippen molar-refractivity contribution in [2.75, 3.05) is 0 Å². The van der Waals surface area contributed by atoms with Crippen molar-refractivity contribution in [3.63, 3.8) is 0 Å². The fourth-order valence-electron chi connectivity index (χ4n) is 1.12. The van der Waals surface area contributed by atoms with Crippen LogP contribution in [0.3, 0.4) is 0 Å². The van der Waals surface area contributed by atoms with Crippen LogP contribution in [0.15, 0.2) is 0 Å². The molecule has 0 aromatic carbocycles. The number of alkyl halides is 9. The highest BCUT2D eigenvalue weighted by molar-refractivity contribution is 5.81. The molecular formula is C6F10O2. The molecule has 12 heteroatoms. The Balaban J connectivity index is 3.60. The molecule has 0 radical (unpaired) electrons. The Labute approximate surface area is 90.5 Å². The summed E-state index contributed by atoms with van der Waals surface area (Å²) in [5.74, 6) is -13.9. The molecule has 0 N–H and O–H groups in total. The van der Waals surface area contributed by atoms with Crippen LogP contribution in [-0.2, 0) is 9.53 Å². The quantitative estimate of drug-likeness (QED) is 0.549. The van der Waals surface area contributed by atoms with E-state index in [-0.39, 0.29) is 0 Å². The molecule has 1 saturated heterocycles. The van der Waals surface area contributed by atoms with E-state index in [0.29, 0.717) is 0 Å². The van der Waals surface area contributed by atoms with Crippen LogP contribution in [0.25, 0.3) is 0 Å². The van der Waals surface area contributed by atoms with Gasteiger partial charge in [0.05, 0.1) is 0 Å². The van der Waals surface area contributed by atoms with Gasteiger partial charge < -0.3 is 0 Å². The first-order chi connectivity index (χ1) is 7.65. The van der Waals surface area contributed by atoms with Gasteiger partial charge >= 0.3 is 35.8 Å². The molecule has 106 valence electrons. The van der Waals surface area contributed by atoms with Crippen molar-refractivity contribution in [1.29, 1.82) is 0 Å². The van der Waals surface area contributed by atoms with E-state index in [1.807, 2.05) is 4.74 Å². The molecule has 0 aromatic heterocycles. The van der Waals surface area contributed by atoms with Gasteiger partial charge in [-0.15, -0.1) is 0 Å². The zero-order valence-electron chi connectivity index (χ0n) is 7.60. The van der Waals surface area contributed by atoms with Gasteiger partial charge in [0, 0.05) is 0 Å². The normalized spacial score (nSPS) is 36.1. The summed E-state index contributed by atoms with van der Waals surface area (Å²) in [7, 11) is 0. The van der Waals surface area contributed by atoms with Crippen molar-refractivity contribution in [3.8, 4) is 0 Å². The number of carbonyl (C=O) groups is 1. The van der Waals surface area contributed by atoms with Crippen molar-refractivity contribution < 1.29 is 53.4 Å². The summed E-state index contributed by atoms with van der Waals surface area (Å²) in [6.45, 7) is 0. The van der Waals surface area contributed by atoms with Gasteiger partial charge in [-0.05, 0) is 0 Å². The number of rotatable bonds is 1. The Morgan fingerprint density at radius 2 is 1.11 bits per heavy atom. The maximum absolute atomic E-state index is 12.9. The summed E-state index contributed by atoms with van der Waals surface area (Å²) >= 11 is 0. The lowest BCUT2D eigenvalue weighted by Gasteiger charge is -2.46. The molecule has 0 bridgehead atoms. The number of hydrogen-bond acceptors (Lipinski definition) is 2. The van der Waals surface area contributed by atoms with E-state index in [2.05, 4.69) is 0 Å². The third-order valence-electron chi connectivity index (χ3n) is 2.12. The van der Waals surface area contributed by atoms with Gasteiger partial charge in [0.25, 0.3) is 0 Å². The van der Waals surface area contributed by atoms with Crippen LogP contribution < -0.4 is 0 Å². The smallest absolute Gasteiger partial charge is 0.257 e. The number of carbonyl (C=O) groups excluding carboxylic acids is 1. The van der Waals surface area contributed by atoms with E-state index in [0.717, 1.165) is 0 Å². The molecule has 1 heterocycles. The summed E-state index contributed by atoms with van der Waals surface area (Å²) in [5, 5.41) is 0. The molecule has 1 rings (SSSR count). The van der Waals surface area contributed by atoms with E-state index in [1.165, 1.54) is 0 Å². The third kappa shape index (κ3) is 1.32. The second-order valence-electron chi connectivity index (χ2n) is 3.22. The fourth-order valence-corrected chi connectivity index (χ4v) is 1.12. The molecular weight excluding hydrogens is 294 g/mol. The SMILES string of the molecule is O=C(F)C1(F)C(F)(F)OC(F)(F)C(F)(F)C1(F)F. The molecule has 1 aliphatic rings. The van der Waals surface area contributed by atoms with Crippen molar-refractivity contribution >= 4 is 6.04 Å². The highest BCUT2D eigenvalue weighted by Crippen LogP contribution is 2.62. The Morgan fingerprint density at radius 1 is 0.722 bits per heavy atom. The minimum Gasteiger partial charge on any atom is -0.257 e. The van der Waals surface area contributed by atoms with E-state index in [9.17, 15) is 48.7 Å². The predicted molar refractivity (Wildman–Crippen MR) is 30.8 cm³/mol. The maximum Gasteiger partial charge on any atom is 0.430 e. The first-order valence-corrected chi connectivity index (χ1v) is 3.75. The Hall–Kier alpha value is -1.07. The van der Waals surface area contributed by atoms with Gasteiger partial charge in [-0.3, -0.25) is 4.79 Å².